The molecule has 0 atom stereocenters. The van der Waals surface area contributed by atoms with Gasteiger partial charge in [0.1, 0.15) is 0 Å². The summed E-state index contributed by atoms with van der Waals surface area (Å²) >= 11 is 11.5. The predicted molar refractivity (Wildman–Crippen MR) is 50.9 cm³/mol. The first-order chi connectivity index (χ1) is 6.16. The molecule has 0 spiro atoms. The molecule has 1 N–H and O–H groups in total. The van der Waals surface area contributed by atoms with Crippen molar-refractivity contribution in [1.82, 2.24) is 5.48 Å². The summed E-state index contributed by atoms with van der Waals surface area (Å²) < 4.78 is 0. The van der Waals surface area contributed by atoms with Gasteiger partial charge in [-0.2, -0.15) is 0 Å². The Bertz CT molecular complexity index is 308. The minimum absolute atomic E-state index is 0.215. The van der Waals surface area contributed by atoms with Gasteiger partial charge in [0, 0.05) is 0 Å². The summed E-state index contributed by atoms with van der Waals surface area (Å²) in [6.45, 7) is 0. The summed E-state index contributed by atoms with van der Waals surface area (Å²) in [5.74, 6) is -0.460. The second-order valence-corrected chi connectivity index (χ2v) is 3.05. The third-order valence-corrected chi connectivity index (χ3v) is 2.01. The standard InChI is InChI=1S/C8H7Cl2NO2/c1-13-11-8(12)7-5(9)3-2-4-6(7)10/h2-4H,1H3,(H,11,12). The second kappa shape index (κ2) is 4.46. The van der Waals surface area contributed by atoms with Crippen molar-refractivity contribution in [3.63, 3.8) is 0 Å². The van der Waals surface area contributed by atoms with E-state index < -0.39 is 5.91 Å². The number of hydrogen-bond acceptors (Lipinski definition) is 2. The highest BCUT2D eigenvalue weighted by Crippen LogP contribution is 2.23. The monoisotopic (exact) mass is 219 g/mol. The molecule has 13 heavy (non-hydrogen) atoms. The van der Waals surface area contributed by atoms with E-state index in [4.69, 9.17) is 23.2 Å². The van der Waals surface area contributed by atoms with Crippen LogP contribution in [0.15, 0.2) is 18.2 Å². The summed E-state index contributed by atoms with van der Waals surface area (Å²) in [6.07, 6.45) is 0. The average Bonchev–Trinajstić information content (AvgIpc) is 2.04. The Balaban J connectivity index is 3.05. The number of hydroxylamine groups is 1. The minimum atomic E-state index is -0.460. The number of carbonyl (C=O) groups excluding carboxylic acids is 1. The summed E-state index contributed by atoms with van der Waals surface area (Å²) in [5.41, 5.74) is 2.35. The molecule has 1 rings (SSSR count). The lowest BCUT2D eigenvalue weighted by Gasteiger charge is -2.05. The van der Waals surface area contributed by atoms with E-state index in [2.05, 4.69) is 10.3 Å². The van der Waals surface area contributed by atoms with Gasteiger partial charge in [-0.25, -0.2) is 5.48 Å². The van der Waals surface area contributed by atoms with Crippen LogP contribution >= 0.6 is 23.2 Å². The highest BCUT2D eigenvalue weighted by Gasteiger charge is 2.13. The zero-order chi connectivity index (χ0) is 9.84. The number of carbonyl (C=O) groups is 1. The summed E-state index contributed by atoms with van der Waals surface area (Å²) in [5, 5.41) is 0.587. The molecule has 0 aliphatic heterocycles. The Kier molecular flexibility index (Phi) is 3.54. The molecule has 0 aliphatic carbocycles. The maximum atomic E-state index is 11.3. The normalized spacial score (nSPS) is 9.77. The molecule has 0 heterocycles. The zero-order valence-corrected chi connectivity index (χ0v) is 8.32. The summed E-state index contributed by atoms with van der Waals surface area (Å²) in [7, 11) is 1.34. The lowest BCUT2D eigenvalue weighted by Crippen LogP contribution is -2.22. The largest absolute Gasteiger partial charge is 0.277 e. The van der Waals surface area contributed by atoms with E-state index >= 15 is 0 Å². The van der Waals surface area contributed by atoms with Crippen molar-refractivity contribution in [2.24, 2.45) is 0 Å². The highest BCUT2D eigenvalue weighted by atomic mass is 35.5. The van der Waals surface area contributed by atoms with Crippen LogP contribution in [0.4, 0.5) is 0 Å². The van der Waals surface area contributed by atoms with Crippen LogP contribution in [0.1, 0.15) is 10.4 Å². The Morgan fingerprint density at radius 1 is 1.38 bits per heavy atom. The highest BCUT2D eigenvalue weighted by molar-refractivity contribution is 6.39. The molecule has 1 aromatic carbocycles. The molecule has 1 aromatic rings. The van der Waals surface area contributed by atoms with Crippen LogP contribution in [0.25, 0.3) is 0 Å². The van der Waals surface area contributed by atoms with E-state index in [-0.39, 0.29) is 5.56 Å². The number of halogens is 2. The van der Waals surface area contributed by atoms with E-state index in [0.29, 0.717) is 10.0 Å². The fraction of sp³-hybridized carbons (Fsp3) is 0.125. The van der Waals surface area contributed by atoms with E-state index in [9.17, 15) is 4.79 Å². The van der Waals surface area contributed by atoms with E-state index in [1.54, 1.807) is 18.2 Å². The molecule has 5 heteroatoms. The Labute approximate surface area is 85.5 Å². The number of rotatable bonds is 2. The Hall–Kier alpha value is -0.770. The number of benzene rings is 1. The SMILES string of the molecule is CONC(=O)c1c(Cl)cccc1Cl. The van der Waals surface area contributed by atoms with E-state index in [1.807, 2.05) is 0 Å². The van der Waals surface area contributed by atoms with Crippen LogP contribution in [-0.4, -0.2) is 13.0 Å². The Morgan fingerprint density at radius 2 is 1.92 bits per heavy atom. The number of nitrogens with one attached hydrogen (secondary N) is 1. The van der Waals surface area contributed by atoms with Crippen molar-refractivity contribution in [2.45, 2.75) is 0 Å². The van der Waals surface area contributed by atoms with Gasteiger partial charge in [0.2, 0.25) is 0 Å². The topological polar surface area (TPSA) is 38.3 Å². The lowest BCUT2D eigenvalue weighted by atomic mass is 10.2. The molecule has 0 unspecified atom stereocenters. The predicted octanol–water partition coefficient (Wildman–Crippen LogP) is 2.28. The van der Waals surface area contributed by atoms with Gasteiger partial charge in [0.05, 0.1) is 22.7 Å². The Morgan fingerprint density at radius 3 is 2.38 bits per heavy atom. The lowest BCUT2D eigenvalue weighted by molar-refractivity contribution is 0.0538. The molecule has 0 aromatic heterocycles. The average molecular weight is 220 g/mol. The second-order valence-electron chi connectivity index (χ2n) is 2.23. The van der Waals surface area contributed by atoms with Gasteiger partial charge in [0.15, 0.2) is 0 Å². The molecule has 0 aliphatic rings. The first kappa shape index (κ1) is 10.3. The van der Waals surface area contributed by atoms with Crippen molar-refractivity contribution in [3.05, 3.63) is 33.8 Å². The summed E-state index contributed by atoms with van der Waals surface area (Å²) in [4.78, 5) is 15.7. The van der Waals surface area contributed by atoms with E-state index in [1.165, 1.54) is 7.11 Å². The molecule has 0 bridgehead atoms. The molecular weight excluding hydrogens is 213 g/mol. The molecule has 0 fully saturated rings. The molecule has 70 valence electrons. The van der Waals surface area contributed by atoms with Crippen molar-refractivity contribution < 1.29 is 9.63 Å². The first-order valence-electron chi connectivity index (χ1n) is 3.44. The zero-order valence-electron chi connectivity index (χ0n) is 6.80. The molecular formula is C8H7Cl2NO2. The first-order valence-corrected chi connectivity index (χ1v) is 4.19. The van der Waals surface area contributed by atoms with Crippen molar-refractivity contribution >= 4 is 29.1 Å². The smallest absolute Gasteiger partial charge is 0.277 e. The van der Waals surface area contributed by atoms with Crippen LogP contribution < -0.4 is 5.48 Å². The van der Waals surface area contributed by atoms with Crippen LogP contribution in [-0.2, 0) is 4.84 Å². The van der Waals surface area contributed by atoms with Gasteiger partial charge in [-0.15, -0.1) is 0 Å². The fourth-order valence-electron chi connectivity index (χ4n) is 0.858. The number of hydrogen-bond donors (Lipinski definition) is 1. The minimum Gasteiger partial charge on any atom is -0.277 e. The van der Waals surface area contributed by atoms with Crippen LogP contribution in [0.3, 0.4) is 0 Å². The molecule has 0 saturated carbocycles. The van der Waals surface area contributed by atoms with Gasteiger partial charge in [-0.1, -0.05) is 29.3 Å². The van der Waals surface area contributed by atoms with Crippen LogP contribution in [0.2, 0.25) is 10.0 Å². The van der Waals surface area contributed by atoms with Gasteiger partial charge >= 0.3 is 0 Å². The van der Waals surface area contributed by atoms with Gasteiger partial charge in [-0.05, 0) is 12.1 Å². The molecule has 0 radical (unpaired) electrons. The van der Waals surface area contributed by atoms with Gasteiger partial charge in [-0.3, -0.25) is 9.63 Å². The van der Waals surface area contributed by atoms with Gasteiger partial charge in [0.25, 0.3) is 5.91 Å². The van der Waals surface area contributed by atoms with E-state index in [0.717, 1.165) is 0 Å². The van der Waals surface area contributed by atoms with Crippen LogP contribution in [0, 0.1) is 0 Å². The third kappa shape index (κ3) is 2.34. The van der Waals surface area contributed by atoms with Crippen molar-refractivity contribution in [1.29, 1.82) is 0 Å². The number of amides is 1. The molecule has 0 saturated heterocycles. The van der Waals surface area contributed by atoms with Gasteiger partial charge < -0.3 is 0 Å². The molecule has 1 amide bonds. The van der Waals surface area contributed by atoms with Crippen molar-refractivity contribution in [2.75, 3.05) is 7.11 Å². The van der Waals surface area contributed by atoms with Crippen LogP contribution in [0.5, 0.6) is 0 Å². The third-order valence-electron chi connectivity index (χ3n) is 1.38. The maximum absolute atomic E-state index is 11.3. The van der Waals surface area contributed by atoms with Crippen molar-refractivity contribution in [3.8, 4) is 0 Å². The summed E-state index contributed by atoms with van der Waals surface area (Å²) in [6, 6.07) is 4.82. The fourth-order valence-corrected chi connectivity index (χ4v) is 1.43. The quantitative estimate of drug-likeness (QED) is 0.776. The maximum Gasteiger partial charge on any atom is 0.277 e. The molecule has 3 nitrogen and oxygen atoms in total.